The molecular weight excluding hydrogens is 318 g/mol. The van der Waals surface area contributed by atoms with Crippen LogP contribution in [0, 0.1) is 0 Å². The van der Waals surface area contributed by atoms with Gasteiger partial charge in [0.25, 0.3) is 5.91 Å². The molecule has 5 nitrogen and oxygen atoms in total. The van der Waals surface area contributed by atoms with Gasteiger partial charge < -0.3 is 9.47 Å². The van der Waals surface area contributed by atoms with E-state index in [9.17, 15) is 4.79 Å². The lowest BCUT2D eigenvalue weighted by molar-refractivity contribution is 0.0536. The van der Waals surface area contributed by atoms with E-state index in [1.54, 1.807) is 20.3 Å². The molecule has 1 aliphatic carbocycles. The summed E-state index contributed by atoms with van der Waals surface area (Å²) in [5.74, 6) is 0.526. The number of rotatable bonds is 8. The highest BCUT2D eigenvalue weighted by Gasteiger charge is 2.20. The monoisotopic (exact) mass is 347 g/mol. The molecule has 1 aliphatic rings. The van der Waals surface area contributed by atoms with Crippen LogP contribution < -0.4 is 10.2 Å². The van der Waals surface area contributed by atoms with Crippen molar-refractivity contribution in [1.82, 2.24) is 5.48 Å². The van der Waals surface area contributed by atoms with Gasteiger partial charge in [-0.25, -0.2) is 5.48 Å². The highest BCUT2D eigenvalue weighted by atomic mass is 16.6. The van der Waals surface area contributed by atoms with E-state index in [-0.39, 0.29) is 11.8 Å². The van der Waals surface area contributed by atoms with Crippen molar-refractivity contribution >= 4 is 5.91 Å². The van der Waals surface area contributed by atoms with Gasteiger partial charge >= 0.3 is 0 Å². The number of hydrogen-bond acceptors (Lipinski definition) is 4. The Labute approximate surface area is 150 Å². The Balaban J connectivity index is 2.38. The summed E-state index contributed by atoms with van der Waals surface area (Å²) in [4.78, 5) is 17.3. The summed E-state index contributed by atoms with van der Waals surface area (Å²) in [5.41, 5.74) is 5.46. The van der Waals surface area contributed by atoms with E-state index in [0.29, 0.717) is 17.9 Å². The summed E-state index contributed by atoms with van der Waals surface area (Å²) >= 11 is 0. The van der Waals surface area contributed by atoms with Gasteiger partial charge in [-0.15, -0.1) is 0 Å². The molecule has 0 radical (unpaired) electrons. The first-order valence-electron chi connectivity index (χ1n) is 8.89. The third kappa shape index (κ3) is 5.58. The van der Waals surface area contributed by atoms with Crippen molar-refractivity contribution in [2.24, 2.45) is 0 Å². The Hall–Kier alpha value is -1.85. The van der Waals surface area contributed by atoms with Crippen molar-refractivity contribution in [3.8, 4) is 5.75 Å². The molecule has 5 heteroatoms. The maximum absolute atomic E-state index is 12.5. The molecule has 0 saturated heterocycles. The molecule has 0 bridgehead atoms. The van der Waals surface area contributed by atoms with Gasteiger partial charge in [-0.1, -0.05) is 24.1 Å². The largest absolute Gasteiger partial charge is 0.497 e. The molecule has 1 saturated carbocycles. The number of ether oxygens (including phenoxy) is 2. The number of carbonyl (C=O) groups excluding carboxylic acids is 1. The minimum Gasteiger partial charge on any atom is -0.497 e. The maximum atomic E-state index is 12.5. The van der Waals surface area contributed by atoms with Gasteiger partial charge in [-0.05, 0) is 49.8 Å². The van der Waals surface area contributed by atoms with Gasteiger partial charge in [-0.2, -0.15) is 0 Å². The number of nitrogens with one attached hydrogen (secondary N) is 1. The third-order valence-corrected chi connectivity index (χ3v) is 4.66. The first kappa shape index (κ1) is 19.5. The molecule has 1 aromatic carbocycles. The highest BCUT2D eigenvalue weighted by Crippen LogP contribution is 2.32. The van der Waals surface area contributed by atoms with E-state index in [0.717, 1.165) is 24.8 Å². The molecule has 1 amide bonds. The van der Waals surface area contributed by atoms with Crippen LogP contribution in [0.2, 0.25) is 0 Å². The van der Waals surface area contributed by atoms with E-state index in [2.05, 4.69) is 11.6 Å². The number of carbonyl (C=O) groups is 1. The SMILES string of the molecule is COCCC(C=C1CCCCC1)c1ccc(OC)cc1C(=O)NOC. The van der Waals surface area contributed by atoms with Crippen molar-refractivity contribution < 1.29 is 19.1 Å². The Bertz CT molecular complexity index is 589. The Morgan fingerprint density at radius 2 is 1.96 bits per heavy atom. The summed E-state index contributed by atoms with van der Waals surface area (Å²) in [5, 5.41) is 0. The molecule has 1 unspecified atom stereocenters. The average Bonchev–Trinajstić information content (AvgIpc) is 2.65. The number of hydrogen-bond donors (Lipinski definition) is 1. The molecular formula is C20H29NO4. The molecule has 1 fully saturated rings. The predicted octanol–water partition coefficient (Wildman–Crippen LogP) is 4.00. The number of benzene rings is 1. The van der Waals surface area contributed by atoms with Crippen LogP contribution in [0.1, 0.15) is 60.4 Å². The number of amides is 1. The van der Waals surface area contributed by atoms with Crippen LogP contribution in [0.4, 0.5) is 0 Å². The summed E-state index contributed by atoms with van der Waals surface area (Å²) in [7, 11) is 4.74. The van der Waals surface area contributed by atoms with Crippen molar-refractivity contribution in [2.45, 2.75) is 44.4 Å². The second kappa shape index (κ2) is 10.2. The van der Waals surface area contributed by atoms with E-state index >= 15 is 0 Å². The van der Waals surface area contributed by atoms with Crippen molar-refractivity contribution in [3.05, 3.63) is 41.0 Å². The van der Waals surface area contributed by atoms with Gasteiger partial charge in [0, 0.05) is 25.2 Å². The zero-order valence-corrected chi connectivity index (χ0v) is 15.5. The van der Waals surface area contributed by atoms with Crippen molar-refractivity contribution in [1.29, 1.82) is 0 Å². The average molecular weight is 347 g/mol. The van der Waals surface area contributed by atoms with Crippen LogP contribution in [-0.4, -0.2) is 33.8 Å². The third-order valence-electron chi connectivity index (χ3n) is 4.66. The molecule has 0 spiro atoms. The molecule has 2 rings (SSSR count). The molecule has 1 aromatic rings. The fraction of sp³-hybridized carbons (Fsp3) is 0.550. The maximum Gasteiger partial charge on any atom is 0.275 e. The summed E-state index contributed by atoms with van der Waals surface area (Å²) < 4.78 is 10.6. The van der Waals surface area contributed by atoms with Crippen LogP contribution in [0.25, 0.3) is 0 Å². The molecule has 25 heavy (non-hydrogen) atoms. The van der Waals surface area contributed by atoms with Crippen molar-refractivity contribution in [2.75, 3.05) is 27.9 Å². The minimum absolute atomic E-state index is 0.136. The molecule has 1 N–H and O–H groups in total. The molecule has 0 aromatic heterocycles. The van der Waals surface area contributed by atoms with Crippen LogP contribution >= 0.6 is 0 Å². The minimum atomic E-state index is -0.263. The second-order valence-corrected chi connectivity index (χ2v) is 6.36. The van der Waals surface area contributed by atoms with E-state index in [4.69, 9.17) is 14.3 Å². The second-order valence-electron chi connectivity index (χ2n) is 6.36. The summed E-state index contributed by atoms with van der Waals surface area (Å²) in [6.07, 6.45) is 9.29. The molecule has 138 valence electrons. The first-order valence-corrected chi connectivity index (χ1v) is 8.89. The molecule has 0 aliphatic heterocycles. The van der Waals surface area contributed by atoms with E-state index < -0.39 is 0 Å². The Kier molecular flexibility index (Phi) is 7.95. The quantitative estimate of drug-likeness (QED) is 0.570. The Morgan fingerprint density at radius 3 is 2.60 bits per heavy atom. The van der Waals surface area contributed by atoms with Crippen LogP contribution in [0.3, 0.4) is 0 Å². The Morgan fingerprint density at radius 1 is 1.20 bits per heavy atom. The van der Waals surface area contributed by atoms with Crippen LogP contribution in [-0.2, 0) is 9.57 Å². The number of hydroxylamine groups is 1. The number of allylic oxidation sites excluding steroid dienone is 2. The first-order chi connectivity index (χ1) is 12.2. The fourth-order valence-electron chi connectivity index (χ4n) is 3.36. The van der Waals surface area contributed by atoms with E-state index in [1.807, 2.05) is 12.1 Å². The summed E-state index contributed by atoms with van der Waals surface area (Å²) in [6.45, 7) is 0.645. The van der Waals surface area contributed by atoms with Gasteiger partial charge in [0.15, 0.2) is 0 Å². The smallest absolute Gasteiger partial charge is 0.275 e. The topological polar surface area (TPSA) is 56.8 Å². The van der Waals surface area contributed by atoms with Gasteiger partial charge in [0.1, 0.15) is 5.75 Å². The molecule has 1 atom stereocenters. The molecule has 0 heterocycles. The van der Waals surface area contributed by atoms with Crippen LogP contribution in [0.5, 0.6) is 5.75 Å². The lowest BCUT2D eigenvalue weighted by Gasteiger charge is -2.21. The lowest BCUT2D eigenvalue weighted by atomic mass is 9.86. The van der Waals surface area contributed by atoms with E-state index in [1.165, 1.54) is 31.9 Å². The summed E-state index contributed by atoms with van der Waals surface area (Å²) in [6, 6.07) is 5.64. The predicted molar refractivity (Wildman–Crippen MR) is 97.9 cm³/mol. The van der Waals surface area contributed by atoms with Crippen molar-refractivity contribution in [3.63, 3.8) is 0 Å². The zero-order valence-electron chi connectivity index (χ0n) is 15.5. The lowest BCUT2D eigenvalue weighted by Crippen LogP contribution is -2.24. The zero-order chi connectivity index (χ0) is 18.1. The highest BCUT2D eigenvalue weighted by molar-refractivity contribution is 5.95. The van der Waals surface area contributed by atoms with Gasteiger partial charge in [-0.3, -0.25) is 9.63 Å². The van der Waals surface area contributed by atoms with Gasteiger partial charge in [0.05, 0.1) is 14.2 Å². The fourth-order valence-corrected chi connectivity index (χ4v) is 3.36. The normalized spacial score (nSPS) is 15.6. The van der Waals surface area contributed by atoms with Gasteiger partial charge in [0.2, 0.25) is 0 Å². The number of methoxy groups -OCH3 is 2. The van der Waals surface area contributed by atoms with Crippen LogP contribution in [0.15, 0.2) is 29.8 Å². The standard InChI is InChI=1S/C20H29NO4/c1-23-12-11-16(13-15-7-5-4-6-8-15)18-10-9-17(24-2)14-19(18)20(22)21-25-3/h9-10,13-14,16H,4-8,11-12H2,1-3H3,(H,21,22).